The van der Waals surface area contributed by atoms with Crippen LogP contribution in [0.2, 0.25) is 0 Å². The van der Waals surface area contributed by atoms with Crippen molar-refractivity contribution in [1.29, 1.82) is 0 Å². The summed E-state index contributed by atoms with van der Waals surface area (Å²) in [5.74, 6) is -0.0251. The quantitative estimate of drug-likeness (QED) is 0.569. The Labute approximate surface area is 164 Å². The van der Waals surface area contributed by atoms with Crippen LogP contribution in [0.1, 0.15) is 36.4 Å². The fourth-order valence-corrected chi connectivity index (χ4v) is 3.65. The molecule has 0 saturated carbocycles. The van der Waals surface area contributed by atoms with Gasteiger partial charge in [0.15, 0.2) is 5.16 Å². The van der Waals surface area contributed by atoms with Crippen molar-refractivity contribution < 1.29 is 4.79 Å². The van der Waals surface area contributed by atoms with E-state index in [0.717, 1.165) is 35.1 Å². The van der Waals surface area contributed by atoms with Crippen LogP contribution >= 0.6 is 11.8 Å². The second-order valence-electron chi connectivity index (χ2n) is 6.58. The summed E-state index contributed by atoms with van der Waals surface area (Å²) in [6.07, 6.45) is 1.78. The van der Waals surface area contributed by atoms with Crippen molar-refractivity contribution in [3.8, 4) is 0 Å². The summed E-state index contributed by atoms with van der Waals surface area (Å²) in [7, 11) is 0. The Morgan fingerprint density at radius 2 is 1.81 bits per heavy atom. The Morgan fingerprint density at radius 1 is 1.11 bits per heavy atom. The van der Waals surface area contributed by atoms with Gasteiger partial charge in [0.2, 0.25) is 5.91 Å². The first-order valence-electron chi connectivity index (χ1n) is 9.21. The summed E-state index contributed by atoms with van der Waals surface area (Å²) in [6.45, 7) is 6.04. The molecule has 0 aliphatic rings. The van der Waals surface area contributed by atoms with E-state index in [0.29, 0.717) is 0 Å². The second-order valence-corrected chi connectivity index (χ2v) is 7.91. The lowest BCUT2D eigenvalue weighted by Gasteiger charge is -2.11. The van der Waals surface area contributed by atoms with Gasteiger partial charge in [-0.15, -0.1) is 0 Å². The largest absolute Gasteiger partial charge is 0.337 e. The number of benzene rings is 2. The van der Waals surface area contributed by atoms with Crippen LogP contribution in [0.4, 0.5) is 5.69 Å². The Morgan fingerprint density at radius 3 is 2.48 bits per heavy atom. The van der Waals surface area contributed by atoms with Crippen LogP contribution in [0.3, 0.4) is 0 Å². The maximum Gasteiger partial charge on any atom is 0.237 e. The van der Waals surface area contributed by atoms with E-state index in [1.165, 1.54) is 22.9 Å². The number of aromatic nitrogens is 2. The predicted molar refractivity (Wildman–Crippen MR) is 112 cm³/mol. The number of hydrogen-bond donors (Lipinski definition) is 2. The Bertz CT molecular complexity index is 888. The lowest BCUT2D eigenvalue weighted by Crippen LogP contribution is -2.22. The monoisotopic (exact) mass is 379 g/mol. The number of rotatable bonds is 7. The van der Waals surface area contributed by atoms with Crippen LogP contribution < -0.4 is 5.32 Å². The van der Waals surface area contributed by atoms with Crippen molar-refractivity contribution in [2.24, 2.45) is 0 Å². The summed E-state index contributed by atoms with van der Waals surface area (Å²) >= 11 is 1.45. The van der Waals surface area contributed by atoms with E-state index in [1.54, 1.807) is 0 Å². The van der Waals surface area contributed by atoms with E-state index in [4.69, 9.17) is 0 Å². The minimum atomic E-state index is -0.244. The number of carbonyl (C=O) groups excluding carboxylic acids is 1. The number of H-pyrrole nitrogens is 1. The first kappa shape index (κ1) is 19.2. The standard InChI is InChI=1S/C22H25N3OS/c1-4-17-10-12-19(13-11-17)24-21(26)16(3)27-22-23-15(2)20(25-22)14-18-8-6-5-7-9-18/h5-13,16H,4,14H2,1-3H3,(H,23,25)(H,24,26)/t16-/m1/s1. The van der Waals surface area contributed by atoms with Crippen molar-refractivity contribution in [2.45, 2.75) is 44.0 Å². The minimum absolute atomic E-state index is 0.0251. The number of nitrogens with one attached hydrogen (secondary N) is 2. The van der Waals surface area contributed by atoms with Crippen molar-refractivity contribution in [2.75, 3.05) is 5.32 Å². The molecule has 1 aromatic heterocycles. The van der Waals surface area contributed by atoms with Gasteiger partial charge in [-0.25, -0.2) is 4.98 Å². The van der Waals surface area contributed by atoms with Gasteiger partial charge in [-0.1, -0.05) is 61.2 Å². The molecule has 0 spiro atoms. The SMILES string of the molecule is CCc1ccc(NC(=O)[C@@H](C)Sc2nc(Cc3ccccc3)c(C)[nH]2)cc1. The molecule has 0 bridgehead atoms. The molecule has 3 rings (SSSR count). The fourth-order valence-electron chi connectivity index (χ4n) is 2.77. The van der Waals surface area contributed by atoms with Crippen LogP contribution in [-0.2, 0) is 17.6 Å². The highest BCUT2D eigenvalue weighted by molar-refractivity contribution is 8.00. The van der Waals surface area contributed by atoms with Crippen LogP contribution in [0, 0.1) is 6.92 Å². The van der Waals surface area contributed by atoms with E-state index in [2.05, 4.69) is 34.3 Å². The Kier molecular flexibility index (Phi) is 6.35. The van der Waals surface area contributed by atoms with E-state index in [1.807, 2.05) is 56.3 Å². The maximum absolute atomic E-state index is 12.5. The number of anilines is 1. The number of nitrogens with zero attached hydrogens (tertiary/aromatic N) is 1. The summed E-state index contributed by atoms with van der Waals surface area (Å²) in [4.78, 5) is 20.5. The highest BCUT2D eigenvalue weighted by atomic mass is 32.2. The third-order valence-electron chi connectivity index (χ3n) is 4.47. The van der Waals surface area contributed by atoms with Gasteiger partial charge >= 0.3 is 0 Å². The van der Waals surface area contributed by atoms with Crippen molar-refractivity contribution in [3.05, 3.63) is 77.1 Å². The highest BCUT2D eigenvalue weighted by Crippen LogP contribution is 2.24. The molecule has 0 unspecified atom stereocenters. The van der Waals surface area contributed by atoms with Crippen molar-refractivity contribution in [1.82, 2.24) is 9.97 Å². The van der Waals surface area contributed by atoms with Gasteiger partial charge in [0.05, 0.1) is 10.9 Å². The van der Waals surface area contributed by atoms with Crippen LogP contribution in [-0.4, -0.2) is 21.1 Å². The van der Waals surface area contributed by atoms with E-state index >= 15 is 0 Å². The van der Waals surface area contributed by atoms with E-state index in [9.17, 15) is 4.79 Å². The van der Waals surface area contributed by atoms with Gasteiger partial charge in [0.25, 0.3) is 0 Å². The molecule has 0 aliphatic carbocycles. The lowest BCUT2D eigenvalue weighted by molar-refractivity contribution is -0.115. The molecule has 0 saturated heterocycles. The molecule has 0 fully saturated rings. The number of aromatic amines is 1. The molecule has 1 amide bonds. The smallest absolute Gasteiger partial charge is 0.237 e. The van der Waals surface area contributed by atoms with Crippen LogP contribution in [0.15, 0.2) is 59.8 Å². The number of thioether (sulfide) groups is 1. The van der Waals surface area contributed by atoms with Crippen LogP contribution in [0.5, 0.6) is 0 Å². The van der Waals surface area contributed by atoms with Crippen molar-refractivity contribution in [3.63, 3.8) is 0 Å². The summed E-state index contributed by atoms with van der Waals surface area (Å²) in [5.41, 5.74) is 5.37. The Balaban J connectivity index is 1.60. The molecule has 2 N–H and O–H groups in total. The second kappa shape index (κ2) is 8.91. The van der Waals surface area contributed by atoms with Gasteiger partial charge in [-0.3, -0.25) is 4.79 Å². The molecule has 1 heterocycles. The zero-order valence-electron chi connectivity index (χ0n) is 16.0. The molecule has 3 aromatic rings. The first-order chi connectivity index (χ1) is 13.0. The van der Waals surface area contributed by atoms with E-state index in [-0.39, 0.29) is 11.2 Å². The van der Waals surface area contributed by atoms with Crippen LogP contribution in [0.25, 0.3) is 0 Å². The first-order valence-corrected chi connectivity index (χ1v) is 10.1. The number of aryl methyl sites for hydroxylation is 2. The topological polar surface area (TPSA) is 57.8 Å². The summed E-state index contributed by atoms with van der Waals surface area (Å²) < 4.78 is 0. The molecule has 4 nitrogen and oxygen atoms in total. The molecule has 2 aromatic carbocycles. The van der Waals surface area contributed by atoms with Gasteiger partial charge in [0.1, 0.15) is 0 Å². The third kappa shape index (κ3) is 5.23. The number of imidazole rings is 1. The summed E-state index contributed by atoms with van der Waals surface area (Å²) in [6, 6.07) is 18.3. The average Bonchev–Trinajstić information content (AvgIpc) is 3.02. The van der Waals surface area contributed by atoms with Crippen molar-refractivity contribution >= 4 is 23.4 Å². The molecule has 140 valence electrons. The molecular weight excluding hydrogens is 354 g/mol. The fraction of sp³-hybridized carbons (Fsp3) is 0.273. The van der Waals surface area contributed by atoms with Gasteiger partial charge < -0.3 is 10.3 Å². The zero-order valence-corrected chi connectivity index (χ0v) is 16.8. The Hall–Kier alpha value is -2.53. The minimum Gasteiger partial charge on any atom is -0.337 e. The molecule has 5 heteroatoms. The third-order valence-corrected chi connectivity index (χ3v) is 5.45. The molecule has 0 radical (unpaired) electrons. The maximum atomic E-state index is 12.5. The summed E-state index contributed by atoms with van der Waals surface area (Å²) in [5, 5.41) is 3.51. The van der Waals surface area contributed by atoms with E-state index < -0.39 is 0 Å². The average molecular weight is 380 g/mol. The lowest BCUT2D eigenvalue weighted by atomic mass is 10.1. The van der Waals surface area contributed by atoms with Gasteiger partial charge in [-0.05, 0) is 43.5 Å². The van der Waals surface area contributed by atoms with Gasteiger partial charge in [-0.2, -0.15) is 0 Å². The number of amides is 1. The zero-order chi connectivity index (χ0) is 19.2. The highest BCUT2D eigenvalue weighted by Gasteiger charge is 2.17. The van der Waals surface area contributed by atoms with Gasteiger partial charge in [0, 0.05) is 17.8 Å². The molecule has 1 atom stereocenters. The molecule has 27 heavy (non-hydrogen) atoms. The molecule has 0 aliphatic heterocycles. The predicted octanol–water partition coefficient (Wildman–Crippen LogP) is 4.99. The number of carbonyl (C=O) groups is 1. The molecular formula is C22H25N3OS. The normalized spacial score (nSPS) is 12.0. The number of hydrogen-bond acceptors (Lipinski definition) is 3.